The van der Waals surface area contributed by atoms with Crippen molar-refractivity contribution < 1.29 is 4.79 Å². The van der Waals surface area contributed by atoms with Crippen LogP contribution in [-0.4, -0.2) is 32.3 Å². The molecule has 1 aliphatic carbocycles. The van der Waals surface area contributed by atoms with Gasteiger partial charge < -0.3 is 10.6 Å². The molecule has 0 unspecified atom stereocenters. The Morgan fingerprint density at radius 1 is 1.11 bits per heavy atom. The predicted molar refractivity (Wildman–Crippen MR) is 104 cm³/mol. The van der Waals surface area contributed by atoms with E-state index in [1.165, 1.54) is 0 Å². The number of hydrogen-bond acceptors (Lipinski definition) is 5. The summed E-state index contributed by atoms with van der Waals surface area (Å²) in [6, 6.07) is 14.2. The van der Waals surface area contributed by atoms with Gasteiger partial charge in [0.25, 0.3) is 0 Å². The molecule has 0 saturated heterocycles. The molecule has 140 valence electrons. The molecule has 7 nitrogen and oxygen atoms in total. The molecule has 2 amide bonds. The van der Waals surface area contributed by atoms with Crippen LogP contribution in [-0.2, 0) is 6.54 Å². The van der Waals surface area contributed by atoms with Crippen LogP contribution in [0.25, 0.3) is 11.4 Å². The van der Waals surface area contributed by atoms with Crippen LogP contribution in [0.15, 0.2) is 47.8 Å². The van der Waals surface area contributed by atoms with E-state index in [1.54, 1.807) is 16.1 Å². The van der Waals surface area contributed by atoms with Gasteiger partial charge in [-0.15, -0.1) is 21.5 Å². The standard InChI is InChI=1S/C19H22N6OS/c26-19(20-13-17-7-4-12-27-17)21-15-8-10-16(11-9-15)25-23-18(22-24-25)14-5-2-1-3-6-14/h1-7,12,15-16H,8-11,13H2,(H2,20,21,26). The molecule has 1 aliphatic rings. The molecule has 1 saturated carbocycles. The van der Waals surface area contributed by atoms with Crippen molar-refractivity contribution in [1.29, 1.82) is 0 Å². The first-order valence-corrected chi connectivity index (χ1v) is 10.1. The maximum atomic E-state index is 12.1. The molecule has 0 radical (unpaired) electrons. The normalized spacial score (nSPS) is 19.6. The van der Waals surface area contributed by atoms with Gasteiger partial charge in [0.2, 0.25) is 5.82 Å². The second kappa shape index (κ2) is 8.30. The lowest BCUT2D eigenvalue weighted by Gasteiger charge is -2.28. The summed E-state index contributed by atoms with van der Waals surface area (Å²) in [5.74, 6) is 0.656. The van der Waals surface area contributed by atoms with Crippen LogP contribution < -0.4 is 10.6 Å². The van der Waals surface area contributed by atoms with Gasteiger partial charge in [0.1, 0.15) is 0 Å². The molecule has 2 aromatic heterocycles. The van der Waals surface area contributed by atoms with Gasteiger partial charge in [0.15, 0.2) is 0 Å². The van der Waals surface area contributed by atoms with E-state index >= 15 is 0 Å². The van der Waals surface area contributed by atoms with Crippen molar-refractivity contribution in [2.75, 3.05) is 0 Å². The van der Waals surface area contributed by atoms with Crippen molar-refractivity contribution in [3.63, 3.8) is 0 Å². The SMILES string of the molecule is O=C(NCc1cccs1)NC1CCC(n2nnc(-c3ccccc3)n2)CC1. The van der Waals surface area contributed by atoms with Gasteiger partial charge in [0.05, 0.1) is 12.6 Å². The Morgan fingerprint density at radius 3 is 2.67 bits per heavy atom. The van der Waals surface area contributed by atoms with Gasteiger partial charge >= 0.3 is 6.03 Å². The van der Waals surface area contributed by atoms with Crippen LogP contribution in [0.3, 0.4) is 0 Å². The highest BCUT2D eigenvalue weighted by Gasteiger charge is 2.25. The summed E-state index contributed by atoms with van der Waals surface area (Å²) < 4.78 is 0. The second-order valence-corrected chi connectivity index (χ2v) is 7.74. The van der Waals surface area contributed by atoms with Crippen molar-refractivity contribution in [2.24, 2.45) is 0 Å². The molecule has 1 aromatic carbocycles. The molecule has 8 heteroatoms. The number of benzene rings is 1. The zero-order chi connectivity index (χ0) is 18.5. The summed E-state index contributed by atoms with van der Waals surface area (Å²) in [4.78, 5) is 14.9. The van der Waals surface area contributed by atoms with Crippen molar-refractivity contribution in [1.82, 2.24) is 30.8 Å². The highest BCUT2D eigenvalue weighted by Crippen LogP contribution is 2.27. The lowest BCUT2D eigenvalue weighted by Crippen LogP contribution is -2.43. The number of carbonyl (C=O) groups excluding carboxylic acids is 1. The number of nitrogens with zero attached hydrogens (tertiary/aromatic N) is 4. The highest BCUT2D eigenvalue weighted by atomic mass is 32.1. The summed E-state index contributed by atoms with van der Waals surface area (Å²) in [6.45, 7) is 0.573. The zero-order valence-electron chi connectivity index (χ0n) is 14.9. The minimum atomic E-state index is -0.0999. The Balaban J connectivity index is 1.25. The smallest absolute Gasteiger partial charge is 0.315 e. The van der Waals surface area contributed by atoms with Gasteiger partial charge in [-0.3, -0.25) is 0 Å². The monoisotopic (exact) mass is 382 g/mol. The maximum absolute atomic E-state index is 12.1. The van der Waals surface area contributed by atoms with Crippen LogP contribution >= 0.6 is 11.3 Å². The summed E-state index contributed by atoms with van der Waals surface area (Å²) in [5.41, 5.74) is 0.974. The average molecular weight is 382 g/mol. The minimum absolute atomic E-state index is 0.0999. The van der Waals surface area contributed by atoms with E-state index in [1.807, 2.05) is 47.8 Å². The van der Waals surface area contributed by atoms with Crippen molar-refractivity contribution in [3.05, 3.63) is 52.7 Å². The Hall–Kier alpha value is -2.74. The second-order valence-electron chi connectivity index (χ2n) is 6.71. The van der Waals surface area contributed by atoms with Crippen LogP contribution in [0, 0.1) is 0 Å². The molecule has 1 fully saturated rings. The molecule has 0 atom stereocenters. The van der Waals surface area contributed by atoms with Crippen LogP contribution in [0.2, 0.25) is 0 Å². The zero-order valence-corrected chi connectivity index (χ0v) is 15.7. The van der Waals surface area contributed by atoms with Crippen molar-refractivity contribution >= 4 is 17.4 Å². The van der Waals surface area contributed by atoms with Gasteiger partial charge in [-0.25, -0.2) is 4.79 Å². The molecule has 4 rings (SSSR count). The maximum Gasteiger partial charge on any atom is 0.315 e. The molecule has 3 aromatic rings. The minimum Gasteiger partial charge on any atom is -0.335 e. The summed E-state index contributed by atoms with van der Waals surface area (Å²) in [6.07, 6.45) is 3.69. The lowest BCUT2D eigenvalue weighted by atomic mass is 9.91. The number of nitrogens with one attached hydrogen (secondary N) is 2. The van der Waals surface area contributed by atoms with Crippen molar-refractivity contribution in [3.8, 4) is 11.4 Å². The number of rotatable bonds is 5. The average Bonchev–Trinajstić information content (AvgIpc) is 3.40. The number of tetrazole rings is 1. The largest absolute Gasteiger partial charge is 0.335 e. The fourth-order valence-electron chi connectivity index (χ4n) is 3.35. The van der Waals surface area contributed by atoms with Crippen LogP contribution in [0.1, 0.15) is 36.6 Å². The third-order valence-electron chi connectivity index (χ3n) is 4.82. The van der Waals surface area contributed by atoms with Crippen LogP contribution in [0.5, 0.6) is 0 Å². The number of carbonyl (C=O) groups is 1. The molecule has 2 N–H and O–H groups in total. The van der Waals surface area contributed by atoms with Gasteiger partial charge in [0, 0.05) is 16.5 Å². The molecule has 0 bridgehead atoms. The lowest BCUT2D eigenvalue weighted by molar-refractivity contribution is 0.221. The fraction of sp³-hybridized carbons (Fsp3) is 0.368. The van der Waals surface area contributed by atoms with E-state index in [4.69, 9.17) is 0 Å². The summed E-state index contributed by atoms with van der Waals surface area (Å²) >= 11 is 1.64. The number of thiophene rings is 1. The van der Waals surface area contributed by atoms with Crippen LogP contribution in [0.4, 0.5) is 4.79 Å². The van der Waals surface area contributed by atoms with Gasteiger partial charge in [-0.1, -0.05) is 36.4 Å². The number of aromatic nitrogens is 4. The highest BCUT2D eigenvalue weighted by molar-refractivity contribution is 7.09. The fourth-order valence-corrected chi connectivity index (χ4v) is 4.00. The first-order valence-electron chi connectivity index (χ1n) is 9.19. The Morgan fingerprint density at radius 2 is 1.93 bits per heavy atom. The van der Waals surface area contributed by atoms with Gasteiger partial charge in [-0.05, 0) is 42.3 Å². The summed E-state index contributed by atoms with van der Waals surface area (Å²) in [5, 5.41) is 21.0. The Kier molecular flexibility index (Phi) is 5.43. The topological polar surface area (TPSA) is 84.7 Å². The molecule has 0 spiro atoms. The number of urea groups is 1. The Labute approximate surface area is 161 Å². The Bertz CT molecular complexity index is 855. The molecular formula is C19H22N6OS. The van der Waals surface area contributed by atoms with E-state index in [2.05, 4.69) is 26.0 Å². The quantitative estimate of drug-likeness (QED) is 0.708. The first-order chi connectivity index (χ1) is 13.3. The molecule has 2 heterocycles. The number of amides is 2. The van der Waals surface area contributed by atoms with Gasteiger partial charge in [-0.2, -0.15) is 4.80 Å². The van der Waals surface area contributed by atoms with E-state index < -0.39 is 0 Å². The first kappa shape index (κ1) is 17.7. The van der Waals surface area contributed by atoms with E-state index in [0.717, 1.165) is 36.1 Å². The molecular weight excluding hydrogens is 360 g/mol. The molecule has 0 aliphatic heterocycles. The van der Waals surface area contributed by atoms with E-state index in [9.17, 15) is 4.79 Å². The van der Waals surface area contributed by atoms with Crippen molar-refractivity contribution in [2.45, 2.75) is 44.3 Å². The summed E-state index contributed by atoms with van der Waals surface area (Å²) in [7, 11) is 0. The molecule has 27 heavy (non-hydrogen) atoms. The number of hydrogen-bond donors (Lipinski definition) is 2. The predicted octanol–water partition coefficient (Wildman–Crippen LogP) is 3.38. The third kappa shape index (κ3) is 4.51. The third-order valence-corrected chi connectivity index (χ3v) is 5.70. The van der Waals surface area contributed by atoms with E-state index in [-0.39, 0.29) is 18.1 Å². The van der Waals surface area contributed by atoms with E-state index in [0.29, 0.717) is 12.4 Å².